The highest BCUT2D eigenvalue weighted by Gasteiger charge is 2.17. The van der Waals surface area contributed by atoms with Gasteiger partial charge in [-0.3, -0.25) is 9.97 Å². The molecule has 76 valence electrons. The van der Waals surface area contributed by atoms with Gasteiger partial charge < -0.3 is 4.89 Å². The first-order valence-corrected chi connectivity index (χ1v) is 7.11. The van der Waals surface area contributed by atoms with Crippen LogP contribution in [0, 0.1) is 0 Å². The summed E-state index contributed by atoms with van der Waals surface area (Å²) in [5.74, 6) is 0. The Morgan fingerprint density at radius 3 is 1.53 bits per heavy atom. The van der Waals surface area contributed by atoms with Gasteiger partial charge in [-0.05, 0) is 24.3 Å². The van der Waals surface area contributed by atoms with Crippen LogP contribution in [0.1, 0.15) is 0 Å². The molecule has 0 saturated heterocycles. The fourth-order valence-electron chi connectivity index (χ4n) is 1.24. The lowest BCUT2D eigenvalue weighted by Crippen LogP contribution is -2.15. The van der Waals surface area contributed by atoms with Crippen molar-refractivity contribution in [1.29, 1.82) is 0 Å². The minimum atomic E-state index is -2.64. The minimum Gasteiger partial charge on any atom is -0.358 e. The van der Waals surface area contributed by atoms with E-state index in [1.54, 1.807) is 49.1 Å². The highest BCUT2D eigenvalue weighted by atomic mass is 32.4. The van der Waals surface area contributed by atoms with Crippen LogP contribution in [0.2, 0.25) is 0 Å². The van der Waals surface area contributed by atoms with E-state index in [2.05, 4.69) is 9.97 Å². The van der Waals surface area contributed by atoms with Crippen molar-refractivity contribution < 1.29 is 4.89 Å². The molecule has 2 rings (SSSR count). The second-order valence-electron chi connectivity index (χ2n) is 2.99. The van der Waals surface area contributed by atoms with Crippen molar-refractivity contribution in [3.8, 4) is 0 Å². The highest BCUT2D eigenvalue weighted by molar-refractivity contribution is 8.19. The Kier molecular flexibility index (Phi) is 2.91. The first-order chi connectivity index (χ1) is 7.21. The Hall–Kier alpha value is -1.09. The van der Waals surface area contributed by atoms with Gasteiger partial charge in [0.15, 0.2) is 0 Å². The van der Waals surface area contributed by atoms with Crippen molar-refractivity contribution in [1.82, 2.24) is 9.97 Å². The van der Waals surface area contributed by atoms with Crippen LogP contribution in [0.15, 0.2) is 49.1 Å². The summed E-state index contributed by atoms with van der Waals surface area (Å²) >= 11 is 5.29. The van der Waals surface area contributed by atoms with E-state index in [1.807, 2.05) is 0 Å². The van der Waals surface area contributed by atoms with E-state index < -0.39 is 6.26 Å². The monoisotopic (exact) mass is 236 g/mol. The van der Waals surface area contributed by atoms with Crippen LogP contribution < -0.4 is 10.6 Å². The molecule has 0 aliphatic heterocycles. The summed E-state index contributed by atoms with van der Waals surface area (Å²) in [7, 11) is 0. The first kappa shape index (κ1) is 10.4. The van der Waals surface area contributed by atoms with Crippen LogP contribution in [0.4, 0.5) is 0 Å². The Balaban J connectivity index is 2.50. The first-order valence-electron chi connectivity index (χ1n) is 4.35. The van der Waals surface area contributed by atoms with E-state index in [4.69, 9.17) is 11.8 Å². The van der Waals surface area contributed by atoms with E-state index >= 15 is 0 Å². The maximum absolute atomic E-state index is 10.3. The maximum atomic E-state index is 10.3. The lowest BCUT2D eigenvalue weighted by Gasteiger charge is -2.15. The zero-order valence-electron chi connectivity index (χ0n) is 7.82. The summed E-state index contributed by atoms with van der Waals surface area (Å²) in [6.45, 7) is 0. The van der Waals surface area contributed by atoms with Crippen LogP contribution in [-0.2, 0) is 11.8 Å². The zero-order chi connectivity index (χ0) is 10.7. The Bertz CT molecular complexity index is 446. The van der Waals surface area contributed by atoms with Crippen molar-refractivity contribution in [2.45, 2.75) is 0 Å². The van der Waals surface area contributed by atoms with Crippen molar-refractivity contribution in [3.63, 3.8) is 0 Å². The molecule has 0 unspecified atom stereocenters. The van der Waals surface area contributed by atoms with E-state index in [0.717, 1.165) is 10.6 Å². The molecule has 15 heavy (non-hydrogen) atoms. The predicted molar refractivity (Wildman–Crippen MR) is 64.2 cm³/mol. The lowest BCUT2D eigenvalue weighted by atomic mass is 10.5. The van der Waals surface area contributed by atoms with E-state index in [-0.39, 0.29) is 0 Å². The largest absolute Gasteiger partial charge is 0.358 e. The van der Waals surface area contributed by atoms with Crippen molar-refractivity contribution in [2.24, 2.45) is 0 Å². The second kappa shape index (κ2) is 4.19. The second-order valence-corrected chi connectivity index (χ2v) is 6.76. The van der Waals surface area contributed by atoms with Crippen molar-refractivity contribution in [2.75, 3.05) is 0 Å². The number of nitrogens with zero attached hydrogens (tertiary/aromatic N) is 2. The molecule has 0 aliphatic carbocycles. The van der Waals surface area contributed by atoms with Crippen LogP contribution in [-0.4, -0.2) is 14.9 Å². The van der Waals surface area contributed by atoms with Gasteiger partial charge in [-0.1, -0.05) is 11.8 Å². The quantitative estimate of drug-likeness (QED) is 0.784. The molecular weight excluding hydrogens is 227 g/mol. The van der Waals surface area contributed by atoms with Gasteiger partial charge in [-0.25, -0.2) is 0 Å². The molecule has 0 spiro atoms. The normalized spacial score (nSPS) is 11.3. The molecule has 0 aromatic carbocycles. The van der Waals surface area contributed by atoms with Crippen molar-refractivity contribution >= 4 is 28.7 Å². The number of aromatic nitrogens is 2. The lowest BCUT2D eigenvalue weighted by molar-refractivity contribution is 0.642. The summed E-state index contributed by atoms with van der Waals surface area (Å²) < 4.78 is 0. The van der Waals surface area contributed by atoms with Crippen molar-refractivity contribution in [3.05, 3.63) is 49.1 Å². The molecule has 0 aliphatic rings. The van der Waals surface area contributed by atoms with Crippen LogP contribution in [0.5, 0.6) is 0 Å². The molecule has 0 radical (unpaired) electrons. The van der Waals surface area contributed by atoms with E-state index in [0.29, 0.717) is 0 Å². The third-order valence-electron chi connectivity index (χ3n) is 2.03. The zero-order valence-corrected chi connectivity index (χ0v) is 9.53. The molecule has 5 heteroatoms. The fourth-order valence-corrected chi connectivity index (χ4v) is 3.34. The summed E-state index contributed by atoms with van der Waals surface area (Å²) in [6, 6.07) is 7.00. The molecule has 0 amide bonds. The van der Waals surface area contributed by atoms with Crippen LogP contribution in [0.3, 0.4) is 0 Å². The van der Waals surface area contributed by atoms with Gasteiger partial charge in [0.2, 0.25) is 0 Å². The third-order valence-corrected chi connectivity index (χ3v) is 5.29. The third kappa shape index (κ3) is 2.12. The van der Waals surface area contributed by atoms with E-state index in [9.17, 15) is 4.89 Å². The maximum Gasteiger partial charge on any atom is 0.120 e. The Morgan fingerprint density at radius 1 is 0.867 bits per heavy atom. The average molecular weight is 236 g/mol. The average Bonchev–Trinajstić information content (AvgIpc) is 2.31. The Labute approximate surface area is 92.9 Å². The smallest absolute Gasteiger partial charge is 0.120 e. The summed E-state index contributed by atoms with van der Waals surface area (Å²) in [5, 5.41) is 1.50. The molecule has 2 aromatic heterocycles. The number of rotatable bonds is 2. The molecule has 0 fully saturated rings. The van der Waals surface area contributed by atoms with Gasteiger partial charge in [0.1, 0.15) is 6.26 Å². The summed E-state index contributed by atoms with van der Waals surface area (Å²) in [5.41, 5.74) is 0. The molecule has 3 nitrogen and oxygen atoms in total. The predicted octanol–water partition coefficient (Wildman–Crippen LogP) is 0.814. The van der Waals surface area contributed by atoms with Gasteiger partial charge in [-0.2, -0.15) is 0 Å². The van der Waals surface area contributed by atoms with Crippen LogP contribution in [0.25, 0.3) is 0 Å². The molecule has 1 N–H and O–H groups in total. The molecule has 2 aromatic rings. The number of pyridine rings is 2. The van der Waals surface area contributed by atoms with Crippen LogP contribution >= 0.6 is 6.26 Å². The SMILES string of the molecule is OP(=S)(c1ccncc1)c1ccncc1. The Morgan fingerprint density at radius 2 is 1.20 bits per heavy atom. The summed E-state index contributed by atoms with van der Waals surface area (Å²) in [4.78, 5) is 18.1. The molecule has 0 bridgehead atoms. The minimum absolute atomic E-state index is 0.749. The van der Waals surface area contributed by atoms with Gasteiger partial charge >= 0.3 is 0 Å². The van der Waals surface area contributed by atoms with Gasteiger partial charge in [0.05, 0.1) is 0 Å². The fraction of sp³-hybridized carbons (Fsp3) is 0. The number of hydrogen-bond donors (Lipinski definition) is 1. The van der Waals surface area contributed by atoms with Gasteiger partial charge in [0.25, 0.3) is 0 Å². The highest BCUT2D eigenvalue weighted by Crippen LogP contribution is 2.37. The van der Waals surface area contributed by atoms with Gasteiger partial charge in [0, 0.05) is 35.4 Å². The molecule has 0 atom stereocenters. The molecule has 0 saturated carbocycles. The standard InChI is InChI=1S/C10H9N2OPS/c13-14(15,9-1-5-11-6-2-9)10-3-7-12-8-4-10/h1-8H,(H,13,15). The van der Waals surface area contributed by atoms with E-state index in [1.165, 1.54) is 0 Å². The molecule has 2 heterocycles. The summed E-state index contributed by atoms with van der Waals surface area (Å²) in [6.07, 6.45) is 3.89. The van der Waals surface area contributed by atoms with Gasteiger partial charge in [-0.15, -0.1) is 0 Å². The number of hydrogen-bond acceptors (Lipinski definition) is 3. The molecular formula is C10H9N2OPS. The topological polar surface area (TPSA) is 46.0 Å².